The molecular formula is C20H21Cl3N2O3. The Morgan fingerprint density at radius 2 is 1.75 bits per heavy atom. The van der Waals surface area contributed by atoms with Crippen molar-refractivity contribution in [2.75, 3.05) is 13.7 Å². The average molecular weight is 444 g/mol. The van der Waals surface area contributed by atoms with Gasteiger partial charge in [-0.05, 0) is 49.7 Å². The Bertz CT molecular complexity index is 854. The lowest BCUT2D eigenvalue weighted by Gasteiger charge is -2.29. The first-order chi connectivity index (χ1) is 13.2. The van der Waals surface area contributed by atoms with Crippen molar-refractivity contribution in [3.8, 4) is 5.75 Å². The molecule has 2 amide bonds. The van der Waals surface area contributed by atoms with E-state index in [0.29, 0.717) is 26.4 Å². The summed E-state index contributed by atoms with van der Waals surface area (Å²) >= 11 is 18.5. The average Bonchev–Trinajstić information content (AvgIpc) is 2.67. The lowest BCUT2D eigenvalue weighted by Crippen LogP contribution is -2.48. The van der Waals surface area contributed by atoms with Gasteiger partial charge in [-0.15, -0.1) is 0 Å². The number of ether oxygens (including phenoxy) is 1. The van der Waals surface area contributed by atoms with E-state index in [4.69, 9.17) is 39.5 Å². The smallest absolute Gasteiger partial charge is 0.261 e. The number of benzene rings is 2. The molecule has 0 bridgehead atoms. The highest BCUT2D eigenvalue weighted by atomic mass is 35.5. The maximum absolute atomic E-state index is 12.9. The molecule has 150 valence electrons. The van der Waals surface area contributed by atoms with E-state index in [9.17, 15) is 9.59 Å². The number of carbonyl (C=O) groups excluding carboxylic acids is 2. The van der Waals surface area contributed by atoms with E-state index in [0.717, 1.165) is 5.56 Å². The number of hydrogen-bond donors (Lipinski definition) is 1. The van der Waals surface area contributed by atoms with Gasteiger partial charge in [0.1, 0.15) is 11.8 Å². The van der Waals surface area contributed by atoms with Gasteiger partial charge < -0.3 is 15.0 Å². The van der Waals surface area contributed by atoms with Crippen molar-refractivity contribution in [2.24, 2.45) is 0 Å². The fourth-order valence-corrected chi connectivity index (χ4v) is 3.21. The summed E-state index contributed by atoms with van der Waals surface area (Å²) in [7, 11) is 1.51. The number of nitrogens with zero attached hydrogens (tertiary/aromatic N) is 1. The normalized spacial score (nSPS) is 11.6. The van der Waals surface area contributed by atoms with Crippen molar-refractivity contribution in [3.05, 3.63) is 62.6 Å². The van der Waals surface area contributed by atoms with Crippen LogP contribution in [-0.4, -0.2) is 36.4 Å². The second-order valence-corrected chi connectivity index (χ2v) is 7.43. The number of halogens is 3. The van der Waals surface area contributed by atoms with E-state index in [-0.39, 0.29) is 25.0 Å². The number of amides is 2. The maximum Gasteiger partial charge on any atom is 0.261 e. The first kappa shape index (κ1) is 22.3. The van der Waals surface area contributed by atoms with Crippen LogP contribution in [0.4, 0.5) is 0 Å². The Labute approximate surface area is 179 Å². The standard InChI is InChI=1S/C20H21Cl3N2O3/c1-12-9-14(7-8-16(12)21)28-11-19(26)25(13(2)20(27)24-3)10-15-17(22)5-4-6-18(15)23/h4-9,13H,10-11H2,1-3H3,(H,24,27)/t13-/m0/s1. The van der Waals surface area contributed by atoms with Crippen LogP contribution in [0.25, 0.3) is 0 Å². The summed E-state index contributed by atoms with van der Waals surface area (Å²) in [6, 6.07) is 9.47. The van der Waals surface area contributed by atoms with Gasteiger partial charge in [0.05, 0.1) is 0 Å². The molecule has 0 saturated carbocycles. The zero-order chi connectivity index (χ0) is 20.8. The van der Waals surface area contributed by atoms with Gasteiger partial charge in [-0.2, -0.15) is 0 Å². The van der Waals surface area contributed by atoms with E-state index in [1.54, 1.807) is 43.3 Å². The molecule has 8 heteroatoms. The maximum atomic E-state index is 12.9. The zero-order valence-corrected chi connectivity index (χ0v) is 18.0. The molecule has 5 nitrogen and oxygen atoms in total. The summed E-state index contributed by atoms with van der Waals surface area (Å²) in [4.78, 5) is 26.4. The molecule has 0 aromatic heterocycles. The number of hydrogen-bond acceptors (Lipinski definition) is 3. The Hall–Kier alpha value is -1.95. The summed E-state index contributed by atoms with van der Waals surface area (Å²) in [5.74, 6) is -0.169. The molecule has 0 unspecified atom stereocenters. The number of aryl methyl sites for hydroxylation is 1. The van der Waals surface area contributed by atoms with Crippen LogP contribution in [0.5, 0.6) is 5.75 Å². The third-order valence-electron chi connectivity index (χ3n) is 4.30. The Balaban J connectivity index is 2.21. The molecule has 2 aromatic rings. The van der Waals surface area contributed by atoms with Gasteiger partial charge in [-0.25, -0.2) is 0 Å². The summed E-state index contributed by atoms with van der Waals surface area (Å²) < 4.78 is 5.60. The van der Waals surface area contributed by atoms with Crippen molar-refractivity contribution < 1.29 is 14.3 Å². The van der Waals surface area contributed by atoms with E-state index >= 15 is 0 Å². The molecule has 2 rings (SSSR count). The van der Waals surface area contributed by atoms with Crippen LogP contribution in [-0.2, 0) is 16.1 Å². The minimum Gasteiger partial charge on any atom is -0.484 e. The third-order valence-corrected chi connectivity index (χ3v) is 5.43. The van der Waals surface area contributed by atoms with Crippen LogP contribution in [0.15, 0.2) is 36.4 Å². The molecule has 1 atom stereocenters. The lowest BCUT2D eigenvalue weighted by atomic mass is 10.1. The molecule has 2 aromatic carbocycles. The minimum absolute atomic E-state index is 0.0783. The summed E-state index contributed by atoms with van der Waals surface area (Å²) in [6.45, 7) is 3.31. The van der Waals surface area contributed by atoms with Crippen molar-refractivity contribution in [1.29, 1.82) is 0 Å². The van der Waals surface area contributed by atoms with E-state index in [1.165, 1.54) is 11.9 Å². The Kier molecular flexibility index (Phi) is 7.98. The van der Waals surface area contributed by atoms with Crippen LogP contribution in [0.1, 0.15) is 18.1 Å². The highest BCUT2D eigenvalue weighted by Gasteiger charge is 2.27. The highest BCUT2D eigenvalue weighted by molar-refractivity contribution is 6.36. The molecular weight excluding hydrogens is 423 g/mol. The fourth-order valence-electron chi connectivity index (χ4n) is 2.58. The highest BCUT2D eigenvalue weighted by Crippen LogP contribution is 2.27. The topological polar surface area (TPSA) is 58.6 Å². The second kappa shape index (κ2) is 10.0. The third kappa shape index (κ3) is 5.53. The van der Waals surface area contributed by atoms with Crippen LogP contribution in [0.2, 0.25) is 15.1 Å². The predicted octanol–water partition coefficient (Wildman–Crippen LogP) is 4.50. The van der Waals surface area contributed by atoms with Crippen molar-refractivity contribution >= 4 is 46.6 Å². The van der Waals surface area contributed by atoms with Crippen LogP contribution < -0.4 is 10.1 Å². The summed E-state index contributed by atoms with van der Waals surface area (Å²) in [5, 5.41) is 4.00. The molecule has 28 heavy (non-hydrogen) atoms. The zero-order valence-electron chi connectivity index (χ0n) is 15.8. The molecule has 0 spiro atoms. The fraction of sp³-hybridized carbons (Fsp3) is 0.300. The minimum atomic E-state index is -0.736. The van der Waals surface area contributed by atoms with Crippen LogP contribution in [0, 0.1) is 6.92 Å². The Morgan fingerprint density at radius 3 is 2.32 bits per heavy atom. The predicted molar refractivity (Wildman–Crippen MR) is 112 cm³/mol. The molecule has 0 radical (unpaired) electrons. The number of likely N-dealkylation sites (N-methyl/N-ethyl adjacent to an activating group) is 1. The van der Waals surface area contributed by atoms with Crippen LogP contribution >= 0.6 is 34.8 Å². The van der Waals surface area contributed by atoms with Gasteiger partial charge in [0.25, 0.3) is 5.91 Å². The molecule has 1 N–H and O–H groups in total. The van der Waals surface area contributed by atoms with Crippen molar-refractivity contribution in [2.45, 2.75) is 26.4 Å². The van der Waals surface area contributed by atoms with Crippen molar-refractivity contribution in [1.82, 2.24) is 10.2 Å². The first-order valence-electron chi connectivity index (χ1n) is 8.57. The number of rotatable bonds is 7. The molecule has 0 aliphatic rings. The molecule has 0 saturated heterocycles. The second-order valence-electron chi connectivity index (χ2n) is 6.21. The number of carbonyl (C=O) groups is 2. The molecule has 0 heterocycles. The molecule has 0 aliphatic heterocycles. The van der Waals surface area contributed by atoms with Gasteiger partial charge in [-0.3, -0.25) is 9.59 Å². The van der Waals surface area contributed by atoms with E-state index < -0.39 is 6.04 Å². The SMILES string of the molecule is CNC(=O)[C@H](C)N(Cc1c(Cl)cccc1Cl)C(=O)COc1ccc(Cl)c(C)c1. The van der Waals surface area contributed by atoms with Gasteiger partial charge in [0, 0.05) is 34.2 Å². The van der Waals surface area contributed by atoms with E-state index in [2.05, 4.69) is 5.32 Å². The van der Waals surface area contributed by atoms with Gasteiger partial charge in [-0.1, -0.05) is 40.9 Å². The lowest BCUT2D eigenvalue weighted by molar-refractivity contribution is -0.142. The first-order valence-corrected chi connectivity index (χ1v) is 9.71. The summed E-state index contributed by atoms with van der Waals surface area (Å²) in [6.07, 6.45) is 0. The largest absolute Gasteiger partial charge is 0.484 e. The molecule has 0 aliphatic carbocycles. The Morgan fingerprint density at radius 1 is 1.11 bits per heavy atom. The molecule has 0 fully saturated rings. The van der Waals surface area contributed by atoms with Crippen molar-refractivity contribution in [3.63, 3.8) is 0 Å². The summed E-state index contributed by atoms with van der Waals surface area (Å²) in [5.41, 5.74) is 1.40. The van der Waals surface area contributed by atoms with Crippen LogP contribution in [0.3, 0.4) is 0 Å². The van der Waals surface area contributed by atoms with Gasteiger partial charge in [0.15, 0.2) is 6.61 Å². The quantitative estimate of drug-likeness (QED) is 0.685. The van der Waals surface area contributed by atoms with Gasteiger partial charge in [0.2, 0.25) is 5.91 Å². The number of nitrogens with one attached hydrogen (secondary N) is 1. The monoisotopic (exact) mass is 442 g/mol. The van der Waals surface area contributed by atoms with E-state index in [1.807, 2.05) is 6.92 Å². The van der Waals surface area contributed by atoms with Gasteiger partial charge >= 0.3 is 0 Å².